The lowest BCUT2D eigenvalue weighted by atomic mass is 10.00. The number of hydrogen-bond acceptors (Lipinski definition) is 3. The molecule has 2 nitrogen and oxygen atoms in total. The summed E-state index contributed by atoms with van der Waals surface area (Å²) in [4.78, 5) is 4.48. The van der Waals surface area contributed by atoms with Crippen molar-refractivity contribution in [1.29, 1.82) is 0 Å². The van der Waals surface area contributed by atoms with Crippen LogP contribution in [-0.2, 0) is 13.0 Å². The van der Waals surface area contributed by atoms with E-state index in [1.54, 1.807) is 11.3 Å². The van der Waals surface area contributed by atoms with E-state index < -0.39 is 0 Å². The number of hydrogen-bond donors (Lipinski definition) is 1. The Kier molecular flexibility index (Phi) is 5.32. The van der Waals surface area contributed by atoms with Gasteiger partial charge in [-0.3, -0.25) is 0 Å². The van der Waals surface area contributed by atoms with Crippen molar-refractivity contribution >= 4 is 11.3 Å². The van der Waals surface area contributed by atoms with Crippen molar-refractivity contribution in [3.8, 4) is 0 Å². The first kappa shape index (κ1) is 15.2. The van der Waals surface area contributed by atoms with Gasteiger partial charge in [-0.05, 0) is 37.3 Å². The molecule has 108 valence electrons. The van der Waals surface area contributed by atoms with Crippen LogP contribution < -0.4 is 5.32 Å². The molecule has 0 aliphatic heterocycles. The van der Waals surface area contributed by atoms with Crippen molar-refractivity contribution in [2.75, 3.05) is 0 Å². The fraction of sp³-hybridized carbons (Fsp3) is 0.471. The maximum atomic E-state index is 4.48. The summed E-state index contributed by atoms with van der Waals surface area (Å²) in [7, 11) is 0. The molecule has 0 aliphatic carbocycles. The van der Waals surface area contributed by atoms with Crippen molar-refractivity contribution < 1.29 is 0 Å². The first-order valence-corrected chi connectivity index (χ1v) is 8.16. The van der Waals surface area contributed by atoms with Crippen LogP contribution in [0.25, 0.3) is 0 Å². The monoisotopic (exact) mass is 288 g/mol. The van der Waals surface area contributed by atoms with E-state index in [4.69, 9.17) is 0 Å². The molecular weight excluding hydrogens is 264 g/mol. The Hall–Kier alpha value is -1.19. The van der Waals surface area contributed by atoms with Crippen LogP contribution in [0.1, 0.15) is 48.6 Å². The number of aryl methyl sites for hydroxylation is 1. The predicted molar refractivity (Wildman–Crippen MR) is 87.1 cm³/mol. The Morgan fingerprint density at radius 1 is 1.15 bits per heavy atom. The lowest BCUT2D eigenvalue weighted by molar-refractivity contribution is 0.572. The number of nitrogens with zero attached hydrogens (tertiary/aromatic N) is 1. The van der Waals surface area contributed by atoms with Crippen LogP contribution in [0.5, 0.6) is 0 Å². The molecular formula is C17H24N2S. The van der Waals surface area contributed by atoms with Crippen LogP contribution in [0.2, 0.25) is 0 Å². The van der Waals surface area contributed by atoms with Crippen molar-refractivity contribution in [2.24, 2.45) is 5.92 Å². The third kappa shape index (κ3) is 4.43. The summed E-state index contributed by atoms with van der Waals surface area (Å²) in [5, 5.41) is 6.79. The molecule has 0 saturated heterocycles. The third-order valence-electron chi connectivity index (χ3n) is 3.35. The van der Waals surface area contributed by atoms with Gasteiger partial charge < -0.3 is 5.32 Å². The Balaban J connectivity index is 1.90. The summed E-state index contributed by atoms with van der Waals surface area (Å²) < 4.78 is 0. The minimum absolute atomic E-state index is 0.354. The fourth-order valence-corrected chi connectivity index (χ4v) is 2.98. The fourth-order valence-electron chi connectivity index (χ4n) is 2.26. The maximum Gasteiger partial charge on any atom is 0.107 e. The Morgan fingerprint density at radius 2 is 1.85 bits per heavy atom. The van der Waals surface area contributed by atoms with Gasteiger partial charge >= 0.3 is 0 Å². The molecule has 0 spiro atoms. The minimum atomic E-state index is 0.354. The summed E-state index contributed by atoms with van der Waals surface area (Å²) in [6.45, 7) is 9.60. The summed E-state index contributed by atoms with van der Waals surface area (Å²) in [5.41, 5.74) is 3.87. The molecule has 1 heterocycles. The quantitative estimate of drug-likeness (QED) is 0.846. The van der Waals surface area contributed by atoms with Gasteiger partial charge in [-0.15, -0.1) is 11.3 Å². The van der Waals surface area contributed by atoms with Crippen LogP contribution >= 0.6 is 11.3 Å². The van der Waals surface area contributed by atoms with E-state index in [1.807, 2.05) is 6.92 Å². The first-order valence-electron chi connectivity index (χ1n) is 7.28. The molecule has 1 N–H and O–H groups in total. The summed E-state index contributed by atoms with van der Waals surface area (Å²) in [5.74, 6) is 0.713. The highest BCUT2D eigenvalue weighted by Gasteiger charge is 2.07. The first-order chi connectivity index (χ1) is 9.54. The number of benzene rings is 1. The van der Waals surface area contributed by atoms with Gasteiger partial charge in [0.15, 0.2) is 0 Å². The van der Waals surface area contributed by atoms with Gasteiger partial charge in [0, 0.05) is 23.7 Å². The summed E-state index contributed by atoms with van der Waals surface area (Å²) in [6.07, 6.45) is 1.15. The van der Waals surface area contributed by atoms with Gasteiger partial charge in [0.1, 0.15) is 5.01 Å². The second-order valence-corrected chi connectivity index (χ2v) is 6.77. The average Bonchev–Trinajstić information content (AvgIpc) is 2.82. The molecule has 0 aliphatic rings. The van der Waals surface area contributed by atoms with E-state index in [2.05, 4.69) is 60.7 Å². The van der Waals surface area contributed by atoms with Crippen LogP contribution in [0, 0.1) is 12.8 Å². The normalized spacial score (nSPS) is 12.8. The highest BCUT2D eigenvalue weighted by atomic mass is 32.1. The Bertz CT molecular complexity index is 528. The standard InChI is InChI=1S/C17H24N2S/c1-12(2)9-15-5-7-16(8-6-15)14(4)18-10-17-19-13(3)11-20-17/h5-8,11-12,14,18H,9-10H2,1-4H3. The molecule has 1 aromatic heterocycles. The van der Waals surface area contributed by atoms with Crippen molar-refractivity contribution in [3.63, 3.8) is 0 Å². The molecule has 2 rings (SSSR count). The molecule has 0 radical (unpaired) electrons. The van der Waals surface area contributed by atoms with Crippen molar-refractivity contribution in [2.45, 2.75) is 46.7 Å². The SMILES string of the molecule is Cc1csc(CNC(C)c2ccc(CC(C)C)cc2)n1. The van der Waals surface area contributed by atoms with Crippen molar-refractivity contribution in [3.05, 3.63) is 51.5 Å². The maximum absolute atomic E-state index is 4.48. The highest BCUT2D eigenvalue weighted by molar-refractivity contribution is 7.09. The highest BCUT2D eigenvalue weighted by Crippen LogP contribution is 2.17. The topological polar surface area (TPSA) is 24.9 Å². The number of nitrogens with one attached hydrogen (secondary N) is 1. The van der Waals surface area contributed by atoms with Gasteiger partial charge in [0.2, 0.25) is 0 Å². The lowest BCUT2D eigenvalue weighted by Gasteiger charge is -2.14. The van der Waals surface area contributed by atoms with Crippen LogP contribution in [0.15, 0.2) is 29.6 Å². The lowest BCUT2D eigenvalue weighted by Crippen LogP contribution is -2.18. The van der Waals surface area contributed by atoms with E-state index in [1.165, 1.54) is 11.1 Å². The Labute approximate surface area is 126 Å². The number of aromatic nitrogens is 1. The summed E-state index contributed by atoms with van der Waals surface area (Å²) in [6, 6.07) is 9.33. The molecule has 1 atom stereocenters. The van der Waals surface area contributed by atoms with Gasteiger partial charge in [0.05, 0.1) is 0 Å². The molecule has 2 aromatic rings. The van der Waals surface area contributed by atoms with Crippen molar-refractivity contribution in [1.82, 2.24) is 10.3 Å². The van der Waals surface area contributed by atoms with E-state index in [9.17, 15) is 0 Å². The van der Waals surface area contributed by atoms with E-state index >= 15 is 0 Å². The van der Waals surface area contributed by atoms with Crippen LogP contribution in [0.4, 0.5) is 0 Å². The van der Waals surface area contributed by atoms with Crippen LogP contribution in [-0.4, -0.2) is 4.98 Å². The minimum Gasteiger partial charge on any atom is -0.304 e. The third-order valence-corrected chi connectivity index (χ3v) is 4.32. The molecule has 0 fully saturated rings. The van der Waals surface area contributed by atoms with Gasteiger partial charge in [-0.25, -0.2) is 4.98 Å². The van der Waals surface area contributed by atoms with Gasteiger partial charge in [0.25, 0.3) is 0 Å². The average molecular weight is 288 g/mol. The zero-order chi connectivity index (χ0) is 14.5. The molecule has 1 unspecified atom stereocenters. The second kappa shape index (κ2) is 7.00. The van der Waals surface area contributed by atoms with Gasteiger partial charge in [-0.1, -0.05) is 38.1 Å². The smallest absolute Gasteiger partial charge is 0.107 e. The van der Waals surface area contributed by atoms with E-state index in [-0.39, 0.29) is 0 Å². The largest absolute Gasteiger partial charge is 0.304 e. The number of rotatable bonds is 6. The molecule has 0 saturated carbocycles. The molecule has 0 amide bonds. The Morgan fingerprint density at radius 3 is 2.40 bits per heavy atom. The molecule has 20 heavy (non-hydrogen) atoms. The number of thiazole rings is 1. The van der Waals surface area contributed by atoms with Gasteiger partial charge in [-0.2, -0.15) is 0 Å². The van der Waals surface area contributed by atoms with E-state index in [0.29, 0.717) is 12.0 Å². The predicted octanol–water partition coefficient (Wildman–Crippen LogP) is 4.50. The molecule has 3 heteroatoms. The van der Waals surface area contributed by atoms with E-state index in [0.717, 1.165) is 23.7 Å². The summed E-state index contributed by atoms with van der Waals surface area (Å²) >= 11 is 1.72. The molecule has 1 aromatic carbocycles. The van der Waals surface area contributed by atoms with Crippen LogP contribution in [0.3, 0.4) is 0 Å². The zero-order valence-electron chi connectivity index (χ0n) is 12.8. The second-order valence-electron chi connectivity index (χ2n) is 5.82. The zero-order valence-corrected chi connectivity index (χ0v) is 13.6. The molecule has 0 bridgehead atoms.